The molecule has 386 valence electrons. The van der Waals surface area contributed by atoms with Gasteiger partial charge in [0.2, 0.25) is 0 Å². The van der Waals surface area contributed by atoms with Gasteiger partial charge in [0.05, 0.1) is 17.7 Å². The van der Waals surface area contributed by atoms with E-state index in [1.807, 2.05) is 24.3 Å². The minimum Gasteiger partial charge on any atom is -0.474 e. The number of hydrogen-bond acceptors (Lipinski definition) is 5. The van der Waals surface area contributed by atoms with Crippen molar-refractivity contribution < 1.29 is 60.8 Å². The van der Waals surface area contributed by atoms with Gasteiger partial charge in [-0.2, -0.15) is 26.3 Å². The number of nitrogens with zero attached hydrogens (tertiary/aromatic N) is 2. The van der Waals surface area contributed by atoms with E-state index in [0.29, 0.717) is 11.1 Å². The lowest BCUT2D eigenvalue weighted by Gasteiger charge is -2.21. The van der Waals surface area contributed by atoms with Gasteiger partial charge in [0.25, 0.3) is 0 Å². The summed E-state index contributed by atoms with van der Waals surface area (Å²) < 4.78 is 76.8. The number of carbonyl (C=O) groups is 4. The molecule has 0 heterocycles. The molecule has 0 aliphatic carbocycles. The van der Waals surface area contributed by atoms with Gasteiger partial charge in [0, 0.05) is 37.4 Å². The lowest BCUT2D eigenvalue weighted by molar-refractivity contribution is -0.156. The molecule has 0 aromatic heterocycles. The second kappa shape index (κ2) is 32.0. The largest absolute Gasteiger partial charge is 0.474 e. The first-order valence-corrected chi connectivity index (χ1v) is 24.6. The van der Waals surface area contributed by atoms with Crippen molar-refractivity contribution in [1.82, 2.24) is 4.90 Å². The highest BCUT2D eigenvalue weighted by atomic mass is 19.4. The minimum absolute atomic E-state index is 0.0464. The third-order valence-electron chi connectivity index (χ3n) is 11.8. The molecule has 9 nitrogen and oxygen atoms in total. The van der Waals surface area contributed by atoms with E-state index in [2.05, 4.69) is 18.8 Å². The first-order valence-electron chi connectivity index (χ1n) is 24.6. The Morgan fingerprint density at radius 3 is 1.34 bits per heavy atom. The molecule has 0 aliphatic rings. The zero-order chi connectivity index (χ0) is 52.1. The summed E-state index contributed by atoms with van der Waals surface area (Å²) in [5.74, 6) is 0.649. The Labute approximate surface area is 414 Å². The molecule has 0 atom stereocenters. The maximum absolute atomic E-state index is 12.8. The number of carbonyl (C=O) groups excluding carboxylic acids is 2. The monoisotopic (exact) mass is 994 g/mol. The smallest absolute Gasteiger partial charge is 0.416 e. The summed E-state index contributed by atoms with van der Waals surface area (Å²) in [6, 6.07) is 22.9. The molecule has 4 aromatic rings. The van der Waals surface area contributed by atoms with Crippen LogP contribution in [0.2, 0.25) is 0 Å². The molecular weight excluding hydrogens is 927 g/mol. The molecule has 0 radical (unpaired) electrons. The van der Waals surface area contributed by atoms with E-state index in [9.17, 15) is 50.6 Å². The van der Waals surface area contributed by atoms with Crippen molar-refractivity contribution in [1.29, 1.82) is 0 Å². The van der Waals surface area contributed by atoms with Crippen LogP contribution in [0.15, 0.2) is 97.1 Å². The first-order chi connectivity index (χ1) is 33.9. The second-order valence-corrected chi connectivity index (χ2v) is 17.6. The number of amides is 2. The van der Waals surface area contributed by atoms with Gasteiger partial charge in [0.1, 0.15) is 0 Å². The molecule has 0 aliphatic heterocycles. The number of anilines is 1. The predicted octanol–water partition coefficient (Wildman–Crippen LogP) is 13.6. The first kappa shape index (κ1) is 59.2. The standard InChI is InChI=1S/C28H36F3NO4.C28H32F3NO3/c29-28(30,31)25-17-15-24(16-18-25)21-32(26(34)27(35)36)20-23-13-11-22(12-14-23)10-8-6-4-2-1-3-5-7-9-19-33;1-2-3-4-5-6-7-8-9-10-11-12-22-13-15-23(16-14-22)21-32(26(33)27(34)35)25-19-17-24(18-20-25)28(29,30)31/h11-18,33H,1-10,19-21H2,(H,35,36);13-20H,2-10,21H2,1H3,(H,34,35). The summed E-state index contributed by atoms with van der Waals surface area (Å²) in [5, 5.41) is 27.1. The number of halogens is 6. The van der Waals surface area contributed by atoms with Crippen molar-refractivity contribution in [2.24, 2.45) is 0 Å². The van der Waals surface area contributed by atoms with Gasteiger partial charge in [-0.05, 0) is 96.5 Å². The fourth-order valence-corrected chi connectivity index (χ4v) is 7.68. The van der Waals surface area contributed by atoms with Crippen molar-refractivity contribution in [2.75, 3.05) is 11.5 Å². The van der Waals surface area contributed by atoms with Crippen LogP contribution >= 0.6 is 0 Å². The Morgan fingerprint density at radius 2 is 0.873 bits per heavy atom. The lowest BCUT2D eigenvalue weighted by Crippen LogP contribution is -2.36. The molecule has 3 N–H and O–H groups in total. The number of carboxylic acid groups (broad SMARTS) is 2. The van der Waals surface area contributed by atoms with Crippen LogP contribution in [-0.2, 0) is 57.6 Å². The number of alkyl halides is 6. The van der Waals surface area contributed by atoms with E-state index in [4.69, 9.17) is 10.2 Å². The number of aliphatic hydroxyl groups excluding tert-OH is 1. The average molecular weight is 995 g/mol. The minimum atomic E-state index is -4.52. The number of benzene rings is 4. The molecule has 0 fully saturated rings. The summed E-state index contributed by atoms with van der Waals surface area (Å²) in [6.07, 6.45) is 13.1. The molecule has 15 heteroatoms. The molecule has 0 spiro atoms. The molecule has 0 unspecified atom stereocenters. The van der Waals surface area contributed by atoms with E-state index >= 15 is 0 Å². The van der Waals surface area contributed by atoms with E-state index in [0.717, 1.165) is 102 Å². The summed E-state index contributed by atoms with van der Waals surface area (Å²) in [7, 11) is 0. The number of hydrogen-bond donors (Lipinski definition) is 3. The summed E-state index contributed by atoms with van der Waals surface area (Å²) in [6.45, 7) is 2.34. The highest BCUT2D eigenvalue weighted by molar-refractivity contribution is 6.37. The lowest BCUT2D eigenvalue weighted by atomic mass is 10.0. The summed E-state index contributed by atoms with van der Waals surface area (Å²) in [5.41, 5.74) is 2.17. The van der Waals surface area contributed by atoms with Gasteiger partial charge in [-0.25, -0.2) is 9.59 Å². The Balaban J connectivity index is 0.000000375. The SMILES string of the molecule is CCCCCCCCCCC#Cc1ccc(CN(C(=O)C(=O)O)c2ccc(C(F)(F)F)cc2)cc1.O=C(O)C(=O)N(Cc1ccc(CCCCCCCCCCCO)cc1)Cc1ccc(C(F)(F)F)cc1. The van der Waals surface area contributed by atoms with Gasteiger partial charge in [-0.15, -0.1) is 0 Å². The predicted molar refractivity (Wildman–Crippen MR) is 263 cm³/mol. The van der Waals surface area contributed by atoms with Gasteiger partial charge in [-0.3, -0.25) is 14.5 Å². The zero-order valence-corrected chi connectivity index (χ0v) is 40.6. The molecule has 4 rings (SSSR count). The summed E-state index contributed by atoms with van der Waals surface area (Å²) >= 11 is 0. The number of aryl methyl sites for hydroxylation is 1. The number of rotatable bonds is 26. The van der Waals surface area contributed by atoms with Crippen molar-refractivity contribution in [3.8, 4) is 11.8 Å². The van der Waals surface area contributed by atoms with E-state index in [-0.39, 0.29) is 31.9 Å². The third kappa shape index (κ3) is 23.6. The number of aliphatic carboxylic acids is 2. The molecule has 0 saturated carbocycles. The van der Waals surface area contributed by atoms with Crippen LogP contribution in [0.3, 0.4) is 0 Å². The number of carboxylic acids is 2. The number of unbranched alkanes of at least 4 members (excludes halogenated alkanes) is 16. The van der Waals surface area contributed by atoms with Gasteiger partial charge >= 0.3 is 36.1 Å². The van der Waals surface area contributed by atoms with Crippen molar-refractivity contribution >= 4 is 29.4 Å². The molecule has 0 bridgehead atoms. The normalized spacial score (nSPS) is 11.2. The maximum Gasteiger partial charge on any atom is 0.416 e. The van der Waals surface area contributed by atoms with Gasteiger partial charge in [-0.1, -0.05) is 157 Å². The van der Waals surface area contributed by atoms with Crippen molar-refractivity contribution in [3.05, 3.63) is 136 Å². The quantitative estimate of drug-likeness (QED) is 0.0247. The molecule has 0 saturated heterocycles. The van der Waals surface area contributed by atoms with Crippen molar-refractivity contribution in [3.63, 3.8) is 0 Å². The van der Waals surface area contributed by atoms with Crippen LogP contribution in [0.5, 0.6) is 0 Å². The zero-order valence-electron chi connectivity index (χ0n) is 40.6. The fourth-order valence-electron chi connectivity index (χ4n) is 7.68. The molecule has 71 heavy (non-hydrogen) atoms. The van der Waals surface area contributed by atoms with Crippen LogP contribution in [0, 0.1) is 11.8 Å². The van der Waals surface area contributed by atoms with Crippen molar-refractivity contribution in [2.45, 2.75) is 161 Å². The third-order valence-corrected chi connectivity index (χ3v) is 11.8. The number of aliphatic hydroxyl groups is 1. The average Bonchev–Trinajstić information content (AvgIpc) is 3.34. The maximum atomic E-state index is 12.8. The van der Waals surface area contributed by atoms with E-state index in [1.54, 1.807) is 24.3 Å². The van der Waals surface area contributed by atoms with Crippen LogP contribution < -0.4 is 4.90 Å². The van der Waals surface area contributed by atoms with Crippen LogP contribution in [0.1, 0.15) is 161 Å². The highest BCUT2D eigenvalue weighted by Crippen LogP contribution is 2.32. The van der Waals surface area contributed by atoms with Crippen LogP contribution in [0.4, 0.5) is 32.0 Å². The molecule has 2 amide bonds. The van der Waals surface area contributed by atoms with Gasteiger partial charge in [0.15, 0.2) is 0 Å². The van der Waals surface area contributed by atoms with Gasteiger partial charge < -0.3 is 20.2 Å². The summed E-state index contributed by atoms with van der Waals surface area (Å²) in [4.78, 5) is 49.0. The second-order valence-electron chi connectivity index (χ2n) is 17.6. The molecular formula is C56H68F6N2O7. The van der Waals surface area contributed by atoms with E-state index < -0.39 is 47.2 Å². The topological polar surface area (TPSA) is 135 Å². The highest BCUT2D eigenvalue weighted by Gasteiger charge is 2.32. The Bertz CT molecular complexity index is 2250. The molecule has 4 aromatic carbocycles. The Kier molecular flexibility index (Phi) is 26.6. The Hall–Kier alpha value is -6.14. The van der Waals surface area contributed by atoms with E-state index in [1.165, 1.54) is 94.7 Å². The van der Waals surface area contributed by atoms with Crippen LogP contribution in [-0.4, -0.2) is 50.6 Å². The van der Waals surface area contributed by atoms with Crippen LogP contribution in [0.25, 0.3) is 0 Å². The fraction of sp³-hybridized carbons (Fsp3) is 0.464. The Morgan fingerprint density at radius 1 is 0.479 bits per heavy atom.